The maximum absolute atomic E-state index is 13.2. The molecule has 2 N–H and O–H groups in total. The van der Waals surface area contributed by atoms with Crippen molar-refractivity contribution < 1.29 is 14.3 Å². The van der Waals surface area contributed by atoms with E-state index in [2.05, 4.69) is 37.4 Å². The largest absolute Gasteiger partial charge is 0.461 e. The van der Waals surface area contributed by atoms with Crippen molar-refractivity contribution in [2.75, 3.05) is 31.0 Å². The first-order valence-electron chi connectivity index (χ1n) is 17.2. The van der Waals surface area contributed by atoms with Crippen LogP contribution in [0.2, 0.25) is 0 Å². The van der Waals surface area contributed by atoms with Gasteiger partial charge in [-0.3, -0.25) is 4.68 Å². The SMILES string of the molecule is CCOC(=O)c1nc(Nc2nnc(Nc3nc4ccccc4s3)c(C)c2C)sc1-c1cnn(CC2(CCCOC)CCCCCCC2)c1C. The lowest BCUT2D eigenvalue weighted by Gasteiger charge is -2.36. The summed E-state index contributed by atoms with van der Waals surface area (Å²) < 4.78 is 14.1. The number of nitrogens with zero attached hydrogens (tertiary/aromatic N) is 6. The van der Waals surface area contributed by atoms with E-state index in [1.165, 1.54) is 56.3 Å². The summed E-state index contributed by atoms with van der Waals surface area (Å²) in [4.78, 5) is 23.4. The van der Waals surface area contributed by atoms with Crippen molar-refractivity contribution in [3.63, 3.8) is 0 Å². The van der Waals surface area contributed by atoms with Gasteiger partial charge in [-0.25, -0.2) is 14.8 Å². The molecule has 0 saturated heterocycles. The van der Waals surface area contributed by atoms with Gasteiger partial charge in [-0.15, -0.1) is 10.2 Å². The maximum Gasteiger partial charge on any atom is 0.358 e. The number of nitrogens with one attached hydrogen (secondary N) is 2. The van der Waals surface area contributed by atoms with Gasteiger partial charge in [-0.05, 0) is 70.9 Å². The zero-order chi connectivity index (χ0) is 34.4. The number of esters is 1. The Kier molecular flexibility index (Phi) is 11.2. The molecule has 260 valence electrons. The van der Waals surface area contributed by atoms with Crippen LogP contribution in [0.25, 0.3) is 20.7 Å². The topological polar surface area (TPSA) is 129 Å². The molecule has 0 unspecified atom stereocenters. The second-order valence-corrected chi connectivity index (χ2v) is 15.0. The highest BCUT2D eigenvalue weighted by Crippen LogP contribution is 2.42. The van der Waals surface area contributed by atoms with Crippen LogP contribution >= 0.6 is 22.7 Å². The number of rotatable bonds is 13. The van der Waals surface area contributed by atoms with E-state index in [4.69, 9.17) is 19.6 Å². The summed E-state index contributed by atoms with van der Waals surface area (Å²) in [5, 5.41) is 21.8. The van der Waals surface area contributed by atoms with Crippen molar-refractivity contribution in [1.29, 1.82) is 0 Å². The number of benzene rings is 1. The van der Waals surface area contributed by atoms with Crippen molar-refractivity contribution in [2.45, 2.75) is 92.0 Å². The Labute approximate surface area is 295 Å². The highest BCUT2D eigenvalue weighted by molar-refractivity contribution is 7.22. The van der Waals surface area contributed by atoms with Crippen molar-refractivity contribution in [1.82, 2.24) is 29.9 Å². The van der Waals surface area contributed by atoms with Crippen LogP contribution in [-0.4, -0.2) is 56.2 Å². The Balaban J connectivity index is 1.26. The lowest BCUT2D eigenvalue weighted by molar-refractivity contribution is 0.0521. The number of methoxy groups -OCH3 is 1. The molecule has 13 heteroatoms. The van der Waals surface area contributed by atoms with Crippen molar-refractivity contribution in [2.24, 2.45) is 5.41 Å². The van der Waals surface area contributed by atoms with Gasteiger partial charge in [0.15, 0.2) is 27.6 Å². The van der Waals surface area contributed by atoms with Gasteiger partial charge in [0.25, 0.3) is 0 Å². The predicted octanol–water partition coefficient (Wildman–Crippen LogP) is 9.15. The number of anilines is 4. The molecule has 4 heterocycles. The van der Waals surface area contributed by atoms with E-state index in [9.17, 15) is 4.79 Å². The minimum absolute atomic E-state index is 0.180. The van der Waals surface area contributed by atoms with Gasteiger partial charge in [0.2, 0.25) is 0 Å². The average molecular weight is 703 g/mol. The molecule has 1 fully saturated rings. The van der Waals surface area contributed by atoms with Gasteiger partial charge in [-0.1, -0.05) is 66.9 Å². The molecule has 0 amide bonds. The van der Waals surface area contributed by atoms with Gasteiger partial charge in [0, 0.05) is 42.6 Å². The van der Waals surface area contributed by atoms with Gasteiger partial charge in [0.05, 0.1) is 27.9 Å². The highest BCUT2D eigenvalue weighted by atomic mass is 32.1. The molecule has 0 atom stereocenters. The molecule has 0 spiro atoms. The molecule has 5 aromatic rings. The Morgan fingerprint density at radius 3 is 2.29 bits per heavy atom. The van der Waals surface area contributed by atoms with E-state index in [-0.39, 0.29) is 17.7 Å². The van der Waals surface area contributed by atoms with Gasteiger partial charge < -0.3 is 20.1 Å². The molecule has 1 saturated carbocycles. The number of fused-ring (bicyclic) bond motifs is 1. The van der Waals surface area contributed by atoms with Gasteiger partial charge in [0.1, 0.15) is 0 Å². The first-order chi connectivity index (χ1) is 23.8. The highest BCUT2D eigenvalue weighted by Gasteiger charge is 2.32. The van der Waals surface area contributed by atoms with E-state index in [0.29, 0.717) is 16.8 Å². The molecule has 11 nitrogen and oxygen atoms in total. The van der Waals surface area contributed by atoms with Crippen LogP contribution in [0.1, 0.15) is 92.0 Å². The summed E-state index contributed by atoms with van der Waals surface area (Å²) in [6.45, 7) is 9.76. The number of thiazole rings is 2. The average Bonchev–Trinajstić information content (AvgIpc) is 3.79. The van der Waals surface area contributed by atoms with Crippen LogP contribution in [0, 0.1) is 26.2 Å². The van der Waals surface area contributed by atoms with Crippen LogP contribution in [-0.2, 0) is 16.0 Å². The minimum Gasteiger partial charge on any atom is -0.461 e. The zero-order valence-electron chi connectivity index (χ0n) is 29.1. The number of carbonyl (C=O) groups is 1. The summed E-state index contributed by atoms with van der Waals surface area (Å²) >= 11 is 2.97. The normalized spacial score (nSPS) is 14.8. The Bertz CT molecular complexity index is 1860. The van der Waals surface area contributed by atoms with Crippen LogP contribution in [0.4, 0.5) is 21.9 Å². The van der Waals surface area contributed by atoms with E-state index in [1.54, 1.807) is 25.4 Å². The zero-order valence-corrected chi connectivity index (χ0v) is 30.7. The van der Waals surface area contributed by atoms with Crippen LogP contribution in [0.3, 0.4) is 0 Å². The molecule has 1 aliphatic rings. The van der Waals surface area contributed by atoms with Gasteiger partial charge in [-0.2, -0.15) is 5.10 Å². The first kappa shape index (κ1) is 34.9. The molecule has 4 aromatic heterocycles. The Hall–Kier alpha value is -3.94. The van der Waals surface area contributed by atoms with Crippen LogP contribution < -0.4 is 10.6 Å². The van der Waals surface area contributed by atoms with Crippen LogP contribution in [0.15, 0.2) is 30.5 Å². The molecule has 0 aliphatic heterocycles. The van der Waals surface area contributed by atoms with Crippen molar-refractivity contribution in [3.05, 3.63) is 53.0 Å². The molecular weight excluding hydrogens is 657 g/mol. The summed E-state index contributed by atoms with van der Waals surface area (Å²) in [6.07, 6.45) is 12.8. The molecule has 49 heavy (non-hydrogen) atoms. The first-order valence-corrected chi connectivity index (χ1v) is 18.9. The number of hydrogen-bond donors (Lipinski definition) is 2. The van der Waals surface area contributed by atoms with Crippen molar-refractivity contribution >= 4 is 60.8 Å². The summed E-state index contributed by atoms with van der Waals surface area (Å²) in [5.41, 5.74) is 5.15. The second-order valence-electron chi connectivity index (χ2n) is 13.0. The Morgan fingerprint density at radius 1 is 0.939 bits per heavy atom. The standard InChI is InChI=1S/C36H46N8O3S2/c1-6-47-33(45)29-30(26-21-37-44(25(26)4)22-36(19-14-20-46-5)17-12-8-7-9-13-18-36)49-35(39-29)41-32-24(3)23(2)31(42-43-32)40-34-38-27-15-10-11-16-28(27)48-34/h10-11,15-16,21H,6-9,12-14,17-20,22H2,1-5H3,(H,38,40,42)(H,39,41,43). The number of aromatic nitrogens is 6. The van der Waals surface area contributed by atoms with E-state index in [1.807, 2.05) is 44.3 Å². The predicted molar refractivity (Wildman–Crippen MR) is 198 cm³/mol. The minimum atomic E-state index is -0.459. The summed E-state index contributed by atoms with van der Waals surface area (Å²) in [5.74, 6) is 0.749. The molecule has 0 radical (unpaired) electrons. The number of carbonyl (C=O) groups excluding carboxylic acids is 1. The number of ether oxygens (including phenoxy) is 2. The fraction of sp³-hybridized carbons (Fsp3) is 0.500. The third-order valence-corrected chi connectivity index (χ3v) is 11.6. The third-order valence-electron chi connectivity index (χ3n) is 9.67. The van der Waals surface area contributed by atoms with Gasteiger partial charge >= 0.3 is 5.97 Å². The van der Waals surface area contributed by atoms with E-state index < -0.39 is 5.97 Å². The number of hydrogen-bond acceptors (Lipinski definition) is 12. The fourth-order valence-electron chi connectivity index (χ4n) is 6.75. The smallest absolute Gasteiger partial charge is 0.358 e. The van der Waals surface area contributed by atoms with E-state index >= 15 is 0 Å². The lowest BCUT2D eigenvalue weighted by atomic mass is 9.73. The Morgan fingerprint density at radius 2 is 1.61 bits per heavy atom. The molecular formula is C36H46N8O3S2. The molecule has 6 rings (SSSR count). The van der Waals surface area contributed by atoms with Crippen molar-refractivity contribution in [3.8, 4) is 10.4 Å². The second kappa shape index (κ2) is 15.7. The molecule has 1 aliphatic carbocycles. The van der Waals surface area contributed by atoms with E-state index in [0.717, 1.165) is 68.6 Å². The monoisotopic (exact) mass is 702 g/mol. The maximum atomic E-state index is 13.2. The summed E-state index contributed by atoms with van der Waals surface area (Å²) in [7, 11) is 1.78. The quantitative estimate of drug-likeness (QED) is 0.0905. The molecule has 0 bridgehead atoms. The number of para-hydroxylation sites is 1. The molecule has 1 aromatic carbocycles. The third kappa shape index (κ3) is 7.94. The summed E-state index contributed by atoms with van der Waals surface area (Å²) in [6, 6.07) is 8.03. The fourth-order valence-corrected chi connectivity index (χ4v) is 8.62. The lowest BCUT2D eigenvalue weighted by Crippen LogP contribution is -2.29. The van der Waals surface area contributed by atoms with Crippen LogP contribution in [0.5, 0.6) is 0 Å².